The van der Waals surface area contributed by atoms with E-state index in [2.05, 4.69) is 36.0 Å². The molecule has 9 aromatic carbocycles. The van der Waals surface area contributed by atoms with Crippen LogP contribution in [0, 0.1) is 0 Å². The van der Waals surface area contributed by atoms with Crippen LogP contribution in [0.5, 0.6) is 11.5 Å². The van der Waals surface area contributed by atoms with Crippen LogP contribution in [0.3, 0.4) is 0 Å². The highest BCUT2D eigenvalue weighted by atomic mass is 32.2. The molecule has 9 rings (SSSR count). The summed E-state index contributed by atoms with van der Waals surface area (Å²) >= 11 is 0. The van der Waals surface area contributed by atoms with Crippen molar-refractivity contribution < 1.29 is 62.1 Å². The smallest absolute Gasteiger partial charge is 0.297 e. The van der Waals surface area contributed by atoms with Gasteiger partial charge in [-0.05, 0) is 90.3 Å². The SMILES string of the molecule is O=S(=O)(O)c1ccc2c(N=Nc3ccc(N=Nc4cc(O)c5ccccc5c4S(=O)(=O)O)c4ccc(S(=O)(=O)O)cc34)ccc(N=Nc3c(S(=O)(=O)O)cc4cc(Nc5ccccc5)ccc4c3O)c2c1. The van der Waals surface area contributed by atoms with Gasteiger partial charge in [0, 0.05) is 55.1 Å². The number of nitrogens with zero attached hydrogens (tertiary/aromatic N) is 6. The number of phenols is 2. The Balaban J connectivity index is 1.13. The number of aromatic hydroxyl groups is 2. The molecule has 25 heteroatoms. The van der Waals surface area contributed by atoms with E-state index in [1.165, 1.54) is 66.7 Å². The minimum absolute atomic E-state index is 0.00731. The highest BCUT2D eigenvalue weighted by molar-refractivity contribution is 7.86. The molecule has 0 aliphatic heterocycles. The maximum atomic E-state index is 12.7. The number of para-hydroxylation sites is 1. The Morgan fingerprint density at radius 1 is 0.366 bits per heavy atom. The third-order valence-electron chi connectivity index (χ3n) is 10.9. The van der Waals surface area contributed by atoms with Crippen molar-refractivity contribution in [1.82, 2.24) is 0 Å². The van der Waals surface area contributed by atoms with Crippen LogP contribution in [0.25, 0.3) is 43.1 Å². The van der Waals surface area contributed by atoms with Gasteiger partial charge in [-0.3, -0.25) is 18.2 Å². The molecule has 0 bridgehead atoms. The van der Waals surface area contributed by atoms with E-state index in [-0.39, 0.29) is 71.6 Å². The molecule has 0 aromatic heterocycles. The van der Waals surface area contributed by atoms with Crippen LogP contribution in [-0.2, 0) is 40.5 Å². The first kappa shape index (κ1) is 47.9. The minimum atomic E-state index is -5.07. The van der Waals surface area contributed by atoms with Crippen LogP contribution in [0.2, 0.25) is 0 Å². The predicted molar refractivity (Wildman–Crippen MR) is 261 cm³/mol. The van der Waals surface area contributed by atoms with Crippen molar-refractivity contribution in [2.45, 2.75) is 19.6 Å². The second-order valence-corrected chi connectivity index (χ2v) is 21.0. The minimum Gasteiger partial charge on any atom is -0.507 e. The lowest BCUT2D eigenvalue weighted by molar-refractivity contribution is 0.472. The summed E-state index contributed by atoms with van der Waals surface area (Å²) in [7, 11) is -19.7. The van der Waals surface area contributed by atoms with E-state index in [1.807, 2.05) is 6.07 Å². The highest BCUT2D eigenvalue weighted by Gasteiger charge is 2.25. The van der Waals surface area contributed by atoms with Crippen LogP contribution in [0.15, 0.2) is 196 Å². The zero-order valence-electron chi connectivity index (χ0n) is 35.6. The second kappa shape index (κ2) is 18.0. The Morgan fingerprint density at radius 2 is 0.845 bits per heavy atom. The fourth-order valence-electron chi connectivity index (χ4n) is 7.65. The molecule has 0 amide bonds. The van der Waals surface area contributed by atoms with Crippen molar-refractivity contribution in [3.8, 4) is 11.5 Å². The number of fused-ring (bicyclic) bond motifs is 4. The fraction of sp³-hybridized carbons (Fsp3) is 0. The third-order valence-corrected chi connectivity index (χ3v) is 14.4. The topological polar surface area (TPSA) is 344 Å². The van der Waals surface area contributed by atoms with E-state index >= 15 is 0 Å². The fourth-order valence-corrected chi connectivity index (χ4v) is 10.1. The molecule has 0 spiro atoms. The molecular weight excluding hydrogens is 1000 g/mol. The number of azo groups is 3. The molecule has 0 fully saturated rings. The molecule has 0 saturated carbocycles. The van der Waals surface area contributed by atoms with Crippen LogP contribution >= 0.6 is 0 Å². The summed E-state index contributed by atoms with van der Waals surface area (Å²) in [6.07, 6.45) is 0. The van der Waals surface area contributed by atoms with Crippen molar-refractivity contribution in [2.75, 3.05) is 5.32 Å². The molecule has 358 valence electrons. The van der Waals surface area contributed by atoms with Gasteiger partial charge in [0.05, 0.1) is 32.5 Å². The molecule has 7 N–H and O–H groups in total. The van der Waals surface area contributed by atoms with Crippen molar-refractivity contribution in [3.05, 3.63) is 146 Å². The predicted octanol–water partition coefficient (Wildman–Crippen LogP) is 11.7. The third kappa shape index (κ3) is 9.74. The molecule has 0 saturated heterocycles. The summed E-state index contributed by atoms with van der Waals surface area (Å²) in [6.45, 7) is 0. The van der Waals surface area contributed by atoms with E-state index in [0.717, 1.165) is 36.4 Å². The number of anilines is 2. The van der Waals surface area contributed by atoms with Crippen LogP contribution < -0.4 is 5.32 Å². The monoisotopic (exact) mass is 1030 g/mol. The highest BCUT2D eigenvalue weighted by Crippen LogP contribution is 2.45. The molecule has 0 radical (unpaired) electrons. The van der Waals surface area contributed by atoms with Crippen LogP contribution in [0.1, 0.15) is 0 Å². The molecule has 21 nitrogen and oxygen atoms in total. The van der Waals surface area contributed by atoms with E-state index in [1.54, 1.807) is 36.4 Å². The summed E-state index contributed by atoms with van der Waals surface area (Å²) in [5, 5.41) is 50.7. The Kier molecular flexibility index (Phi) is 12.1. The van der Waals surface area contributed by atoms with Gasteiger partial charge in [0.1, 0.15) is 26.9 Å². The van der Waals surface area contributed by atoms with Gasteiger partial charge < -0.3 is 15.5 Å². The summed E-state index contributed by atoms with van der Waals surface area (Å²) in [6, 6.07) is 33.5. The first-order valence-electron chi connectivity index (χ1n) is 20.2. The Morgan fingerprint density at radius 3 is 1.37 bits per heavy atom. The molecule has 0 atom stereocenters. The summed E-state index contributed by atoms with van der Waals surface area (Å²) in [5.41, 5.74) is -0.0504. The maximum Gasteiger partial charge on any atom is 0.297 e. The van der Waals surface area contributed by atoms with Gasteiger partial charge in [0.15, 0.2) is 5.75 Å². The second-order valence-electron chi connectivity index (χ2n) is 15.4. The first-order valence-corrected chi connectivity index (χ1v) is 26.0. The molecule has 0 aliphatic rings. The lowest BCUT2D eigenvalue weighted by Crippen LogP contribution is -2.00. The standard InChI is InChI=1S/C46H31N7O14S4/c54-42-24-41(46(71(65,66)67)34-9-5-4-8-33(34)42)52-49-38-16-18-39(35-22-28(68(56,57)58)11-14-31(35)38)50-48-37-17-19-40(36-23-29(69(59,60)61)12-15-32(36)37)51-53-44-43(70(62,63)64)21-25-20-27(10-13-30(25)45(44)55)47-26-6-2-1-3-7-26/h1-24,47,54-55H,(H,56,57,58)(H,59,60,61)(H,62,63,64)(H,65,66,67). The molecule has 9 aromatic rings. The zero-order valence-corrected chi connectivity index (χ0v) is 38.9. The van der Waals surface area contributed by atoms with E-state index in [0.29, 0.717) is 11.4 Å². The summed E-state index contributed by atoms with van der Waals surface area (Å²) in [4.78, 5) is -2.63. The van der Waals surface area contributed by atoms with Gasteiger partial charge in [0.25, 0.3) is 40.5 Å². The average Bonchev–Trinajstić information content (AvgIpc) is 3.31. The number of nitrogens with one attached hydrogen (secondary N) is 1. The van der Waals surface area contributed by atoms with Crippen molar-refractivity contribution in [3.63, 3.8) is 0 Å². The lowest BCUT2D eigenvalue weighted by Gasteiger charge is -2.12. The van der Waals surface area contributed by atoms with Gasteiger partial charge in [-0.2, -0.15) is 33.7 Å². The zero-order chi connectivity index (χ0) is 50.6. The molecule has 0 heterocycles. The number of rotatable bonds is 12. The van der Waals surface area contributed by atoms with E-state index in [4.69, 9.17) is 0 Å². The van der Waals surface area contributed by atoms with Gasteiger partial charge in [-0.15, -0.1) is 30.7 Å². The molecular formula is C46H31N7O14S4. The average molecular weight is 1030 g/mol. The van der Waals surface area contributed by atoms with Gasteiger partial charge >= 0.3 is 0 Å². The normalized spacial score (nSPS) is 12.9. The Labute approximate surface area is 401 Å². The summed E-state index contributed by atoms with van der Waals surface area (Å²) in [5.74, 6) is -1.05. The van der Waals surface area contributed by atoms with Crippen molar-refractivity contribution in [1.29, 1.82) is 0 Å². The molecule has 0 aliphatic carbocycles. The molecule has 71 heavy (non-hydrogen) atoms. The Bertz CT molecular complexity index is 4290. The number of hydrogen-bond donors (Lipinski definition) is 7. The van der Waals surface area contributed by atoms with E-state index in [9.17, 15) is 62.1 Å². The number of phenolic OH excluding ortho intramolecular Hbond substituents is 2. The van der Waals surface area contributed by atoms with Gasteiger partial charge in [-0.1, -0.05) is 54.6 Å². The van der Waals surface area contributed by atoms with E-state index < -0.39 is 77.2 Å². The van der Waals surface area contributed by atoms with Gasteiger partial charge in [0.2, 0.25) is 0 Å². The quantitative estimate of drug-likeness (QED) is 0.0442. The Hall–Kier alpha value is -8.14. The van der Waals surface area contributed by atoms with Crippen LogP contribution in [0.4, 0.5) is 45.5 Å². The summed E-state index contributed by atoms with van der Waals surface area (Å²) < 4.78 is 140. The lowest BCUT2D eigenvalue weighted by atomic mass is 10.1. The molecule has 0 unspecified atom stereocenters. The first-order chi connectivity index (χ1) is 33.5. The van der Waals surface area contributed by atoms with Gasteiger partial charge in [-0.25, -0.2) is 0 Å². The van der Waals surface area contributed by atoms with Crippen molar-refractivity contribution in [2.24, 2.45) is 30.7 Å². The number of hydrogen-bond acceptors (Lipinski definition) is 17. The van der Waals surface area contributed by atoms with Crippen molar-refractivity contribution >= 4 is 129 Å². The maximum absolute atomic E-state index is 12.7. The largest absolute Gasteiger partial charge is 0.507 e. The van der Waals surface area contributed by atoms with Crippen LogP contribution in [-0.4, -0.2) is 62.1 Å². The number of benzene rings is 9.